The number of nitrogens with zero attached hydrogens (tertiary/aromatic N) is 1. The van der Waals surface area contributed by atoms with Crippen molar-refractivity contribution in [1.29, 1.82) is 5.26 Å². The van der Waals surface area contributed by atoms with Gasteiger partial charge in [-0.15, -0.1) is 0 Å². The predicted molar refractivity (Wildman–Crippen MR) is 41.0 cm³/mol. The molecule has 0 aliphatic carbocycles. The van der Waals surface area contributed by atoms with E-state index in [9.17, 15) is 4.39 Å². The highest BCUT2D eigenvalue weighted by Gasteiger charge is 2.04. The van der Waals surface area contributed by atoms with Crippen molar-refractivity contribution < 1.29 is 4.39 Å². The van der Waals surface area contributed by atoms with Gasteiger partial charge in [0.1, 0.15) is 12.7 Å². The van der Waals surface area contributed by atoms with Crippen LogP contribution in [0, 0.1) is 11.3 Å². The second kappa shape index (κ2) is 3.36. The van der Waals surface area contributed by atoms with Gasteiger partial charge in [0, 0.05) is 5.56 Å². The lowest BCUT2D eigenvalue weighted by Gasteiger charge is -1.98. The van der Waals surface area contributed by atoms with Crippen LogP contribution in [-0.2, 0) is 6.67 Å². The Hall–Kier alpha value is -1.07. The Morgan fingerprint density at radius 2 is 2.27 bits per heavy atom. The molecule has 0 unspecified atom stereocenters. The molecule has 1 rings (SSSR count). The van der Waals surface area contributed by atoms with Crippen LogP contribution >= 0.6 is 11.6 Å². The van der Waals surface area contributed by atoms with Gasteiger partial charge in [-0.1, -0.05) is 23.7 Å². The Labute approximate surface area is 69.0 Å². The standard InChI is InChI=1S/C8H5ClFN/c9-8-3-1-2-6(4-10)7(8)5-11/h1-3H,4H2. The minimum atomic E-state index is -0.649. The Bertz CT molecular complexity index is 303. The predicted octanol–water partition coefficient (Wildman–Crippen LogP) is 2.68. The van der Waals surface area contributed by atoms with Gasteiger partial charge in [0.2, 0.25) is 0 Å². The molecule has 56 valence electrons. The molecule has 0 aliphatic rings. The van der Waals surface area contributed by atoms with E-state index in [-0.39, 0.29) is 5.56 Å². The highest BCUT2D eigenvalue weighted by molar-refractivity contribution is 6.31. The van der Waals surface area contributed by atoms with Crippen LogP contribution in [0.25, 0.3) is 0 Å². The molecular formula is C8H5ClFN. The molecule has 0 spiro atoms. The number of hydrogen-bond acceptors (Lipinski definition) is 1. The van der Waals surface area contributed by atoms with Crippen molar-refractivity contribution in [2.24, 2.45) is 0 Å². The average Bonchev–Trinajstić information content (AvgIpc) is 2.04. The van der Waals surface area contributed by atoms with Gasteiger partial charge in [-0.05, 0) is 6.07 Å². The molecule has 3 heteroatoms. The van der Waals surface area contributed by atoms with E-state index in [4.69, 9.17) is 16.9 Å². The van der Waals surface area contributed by atoms with Crippen molar-refractivity contribution in [2.75, 3.05) is 0 Å². The van der Waals surface area contributed by atoms with Crippen molar-refractivity contribution in [2.45, 2.75) is 6.67 Å². The zero-order valence-electron chi connectivity index (χ0n) is 5.64. The van der Waals surface area contributed by atoms with Crippen molar-refractivity contribution in [3.05, 3.63) is 34.3 Å². The van der Waals surface area contributed by atoms with Gasteiger partial charge >= 0.3 is 0 Å². The summed E-state index contributed by atoms with van der Waals surface area (Å²) < 4.78 is 12.1. The van der Waals surface area contributed by atoms with E-state index >= 15 is 0 Å². The van der Waals surface area contributed by atoms with Gasteiger partial charge in [-0.3, -0.25) is 0 Å². The van der Waals surface area contributed by atoms with Crippen molar-refractivity contribution >= 4 is 11.6 Å². The third kappa shape index (κ3) is 1.50. The Morgan fingerprint density at radius 1 is 1.55 bits per heavy atom. The molecule has 0 heterocycles. The monoisotopic (exact) mass is 169 g/mol. The van der Waals surface area contributed by atoms with E-state index in [0.717, 1.165) is 0 Å². The SMILES string of the molecule is N#Cc1c(Cl)cccc1CF. The number of rotatable bonds is 1. The van der Waals surface area contributed by atoms with Gasteiger partial charge < -0.3 is 0 Å². The number of halogens is 2. The quantitative estimate of drug-likeness (QED) is 0.634. The molecule has 0 amide bonds. The van der Waals surface area contributed by atoms with Crippen LogP contribution in [0.1, 0.15) is 11.1 Å². The maximum atomic E-state index is 12.1. The largest absolute Gasteiger partial charge is 0.246 e. The number of nitriles is 1. The molecule has 0 fully saturated rings. The molecule has 11 heavy (non-hydrogen) atoms. The van der Waals surface area contributed by atoms with Gasteiger partial charge in [-0.25, -0.2) is 4.39 Å². The number of alkyl halides is 1. The lowest BCUT2D eigenvalue weighted by atomic mass is 10.1. The first-order valence-corrected chi connectivity index (χ1v) is 3.41. The highest BCUT2D eigenvalue weighted by atomic mass is 35.5. The average molecular weight is 170 g/mol. The molecule has 1 aromatic rings. The van der Waals surface area contributed by atoms with Crippen molar-refractivity contribution in [3.63, 3.8) is 0 Å². The van der Waals surface area contributed by atoms with Crippen LogP contribution in [0.15, 0.2) is 18.2 Å². The fourth-order valence-electron chi connectivity index (χ4n) is 0.805. The fraction of sp³-hybridized carbons (Fsp3) is 0.125. The Kier molecular flexibility index (Phi) is 2.45. The van der Waals surface area contributed by atoms with E-state index in [2.05, 4.69) is 0 Å². The minimum Gasteiger partial charge on any atom is -0.246 e. The summed E-state index contributed by atoms with van der Waals surface area (Å²) in [4.78, 5) is 0. The maximum absolute atomic E-state index is 12.1. The summed E-state index contributed by atoms with van der Waals surface area (Å²) in [6, 6.07) is 6.58. The first-order chi connectivity index (χ1) is 5.29. The molecule has 0 aliphatic heterocycles. The molecule has 0 N–H and O–H groups in total. The van der Waals surface area contributed by atoms with Crippen molar-refractivity contribution in [1.82, 2.24) is 0 Å². The van der Waals surface area contributed by atoms with Crippen LogP contribution < -0.4 is 0 Å². The Balaban J connectivity index is 3.27. The summed E-state index contributed by atoms with van der Waals surface area (Å²) in [5, 5.41) is 8.84. The van der Waals surface area contributed by atoms with Gasteiger partial charge in [0.15, 0.2) is 0 Å². The van der Waals surface area contributed by atoms with E-state index < -0.39 is 6.67 Å². The third-order valence-electron chi connectivity index (χ3n) is 1.36. The molecule has 0 atom stereocenters. The summed E-state index contributed by atoms with van der Waals surface area (Å²) >= 11 is 5.62. The van der Waals surface area contributed by atoms with Gasteiger partial charge in [0.05, 0.1) is 10.6 Å². The van der Waals surface area contributed by atoms with Gasteiger partial charge in [0.25, 0.3) is 0 Å². The lowest BCUT2D eigenvalue weighted by molar-refractivity contribution is 0.484. The normalized spacial score (nSPS) is 9.18. The summed E-state index contributed by atoms with van der Waals surface area (Å²) in [5.41, 5.74) is 0.580. The second-order valence-electron chi connectivity index (χ2n) is 2.02. The molecule has 0 aromatic heterocycles. The Morgan fingerprint density at radius 3 is 2.73 bits per heavy atom. The van der Waals surface area contributed by atoms with E-state index in [1.54, 1.807) is 18.2 Å². The second-order valence-corrected chi connectivity index (χ2v) is 2.43. The van der Waals surface area contributed by atoms with E-state index in [1.165, 1.54) is 0 Å². The van der Waals surface area contributed by atoms with Crippen molar-refractivity contribution in [3.8, 4) is 6.07 Å². The first-order valence-electron chi connectivity index (χ1n) is 3.03. The summed E-state index contributed by atoms with van der Waals surface area (Å²) in [6.45, 7) is -0.649. The molecule has 0 bridgehead atoms. The maximum Gasteiger partial charge on any atom is 0.116 e. The lowest BCUT2D eigenvalue weighted by Crippen LogP contribution is -1.86. The third-order valence-corrected chi connectivity index (χ3v) is 1.67. The van der Waals surface area contributed by atoms with Crippen LogP contribution in [-0.4, -0.2) is 0 Å². The van der Waals surface area contributed by atoms with Crippen LogP contribution in [0.4, 0.5) is 4.39 Å². The molecule has 0 saturated carbocycles. The first kappa shape index (κ1) is 8.03. The highest BCUT2D eigenvalue weighted by Crippen LogP contribution is 2.19. The number of benzene rings is 1. The molecule has 0 saturated heterocycles. The van der Waals surface area contributed by atoms with Gasteiger partial charge in [-0.2, -0.15) is 5.26 Å². The molecule has 0 radical (unpaired) electrons. The topological polar surface area (TPSA) is 23.8 Å². The van der Waals surface area contributed by atoms with Crippen LogP contribution in [0.5, 0.6) is 0 Å². The minimum absolute atomic E-state index is 0.233. The fourth-order valence-corrected chi connectivity index (χ4v) is 1.04. The van der Waals surface area contributed by atoms with E-state index in [1.807, 2.05) is 6.07 Å². The van der Waals surface area contributed by atoms with E-state index in [0.29, 0.717) is 10.6 Å². The van der Waals surface area contributed by atoms with Crippen LogP contribution in [0.3, 0.4) is 0 Å². The molecule has 1 aromatic carbocycles. The zero-order valence-corrected chi connectivity index (χ0v) is 6.40. The molecular weight excluding hydrogens is 165 g/mol. The zero-order chi connectivity index (χ0) is 8.27. The van der Waals surface area contributed by atoms with Crippen LogP contribution in [0.2, 0.25) is 5.02 Å². The summed E-state index contributed by atoms with van der Waals surface area (Å²) in [5.74, 6) is 0. The summed E-state index contributed by atoms with van der Waals surface area (Å²) in [7, 11) is 0. The smallest absolute Gasteiger partial charge is 0.116 e. The molecule has 1 nitrogen and oxygen atoms in total. The number of hydrogen-bond donors (Lipinski definition) is 0. The summed E-state index contributed by atoms with van der Waals surface area (Å²) in [6.07, 6.45) is 0.